The molecule has 0 radical (unpaired) electrons. The second kappa shape index (κ2) is 6.28. The highest BCUT2D eigenvalue weighted by Crippen LogP contribution is 2.24. The zero-order valence-electron chi connectivity index (χ0n) is 9.76. The monoisotopic (exact) mass is 254 g/mol. The fourth-order valence-electron chi connectivity index (χ4n) is 1.95. The number of aliphatic hydroxyl groups is 1. The van der Waals surface area contributed by atoms with E-state index in [9.17, 15) is 5.11 Å². The number of thiol groups is 1. The van der Waals surface area contributed by atoms with Crippen LogP contribution in [0.5, 0.6) is 5.75 Å². The molecular formula is C13H18O3S. The Kier molecular flexibility index (Phi) is 4.71. The Morgan fingerprint density at radius 3 is 2.82 bits per heavy atom. The summed E-state index contributed by atoms with van der Waals surface area (Å²) in [4.78, 5) is 0.840. The second-order valence-electron chi connectivity index (χ2n) is 4.32. The van der Waals surface area contributed by atoms with E-state index in [1.807, 2.05) is 18.2 Å². The minimum atomic E-state index is -0.0164. The van der Waals surface area contributed by atoms with Crippen LogP contribution in [0.1, 0.15) is 18.4 Å². The largest absolute Gasteiger partial charge is 0.493 e. The van der Waals surface area contributed by atoms with Crippen molar-refractivity contribution in [3.8, 4) is 5.75 Å². The fraction of sp³-hybridized carbons (Fsp3) is 0.538. The predicted molar refractivity (Wildman–Crippen MR) is 68.7 cm³/mol. The molecule has 0 aliphatic carbocycles. The minimum Gasteiger partial charge on any atom is -0.493 e. The third kappa shape index (κ3) is 3.63. The van der Waals surface area contributed by atoms with Crippen LogP contribution in [0.15, 0.2) is 23.1 Å². The van der Waals surface area contributed by atoms with Gasteiger partial charge in [-0.1, -0.05) is 0 Å². The molecule has 94 valence electrons. The lowest BCUT2D eigenvalue weighted by atomic mass is 10.0. The molecule has 0 saturated carbocycles. The number of rotatable bonds is 4. The molecule has 0 unspecified atom stereocenters. The van der Waals surface area contributed by atoms with E-state index in [0.29, 0.717) is 12.5 Å². The lowest BCUT2D eigenvalue weighted by Crippen LogP contribution is -2.21. The quantitative estimate of drug-likeness (QED) is 0.810. The van der Waals surface area contributed by atoms with Crippen molar-refractivity contribution in [2.45, 2.75) is 24.3 Å². The molecule has 1 aromatic rings. The summed E-state index contributed by atoms with van der Waals surface area (Å²) in [6.45, 7) is 2.34. The van der Waals surface area contributed by atoms with Crippen LogP contribution >= 0.6 is 12.6 Å². The first-order chi connectivity index (χ1) is 8.29. The van der Waals surface area contributed by atoms with Gasteiger partial charge in [0.2, 0.25) is 0 Å². The Bertz CT molecular complexity index is 362. The van der Waals surface area contributed by atoms with Gasteiger partial charge in [0.1, 0.15) is 5.75 Å². The van der Waals surface area contributed by atoms with Crippen LogP contribution < -0.4 is 4.74 Å². The maximum Gasteiger partial charge on any atom is 0.124 e. The van der Waals surface area contributed by atoms with Crippen molar-refractivity contribution in [1.29, 1.82) is 0 Å². The van der Waals surface area contributed by atoms with Gasteiger partial charge in [-0.2, -0.15) is 0 Å². The first-order valence-electron chi connectivity index (χ1n) is 5.93. The van der Waals surface area contributed by atoms with Crippen LogP contribution in [-0.2, 0) is 11.3 Å². The van der Waals surface area contributed by atoms with Gasteiger partial charge in [0.05, 0.1) is 13.2 Å². The van der Waals surface area contributed by atoms with Crippen molar-refractivity contribution in [2.24, 2.45) is 5.92 Å². The van der Waals surface area contributed by atoms with Crippen molar-refractivity contribution >= 4 is 12.6 Å². The molecule has 3 nitrogen and oxygen atoms in total. The number of hydrogen-bond donors (Lipinski definition) is 2. The second-order valence-corrected chi connectivity index (χ2v) is 4.83. The molecule has 17 heavy (non-hydrogen) atoms. The molecule has 1 aromatic carbocycles. The maximum atomic E-state index is 9.25. The summed E-state index contributed by atoms with van der Waals surface area (Å²) in [5, 5.41) is 9.25. The normalized spacial score (nSPS) is 17.1. The highest BCUT2D eigenvalue weighted by molar-refractivity contribution is 7.80. The third-order valence-corrected chi connectivity index (χ3v) is 3.31. The molecule has 2 rings (SSSR count). The van der Waals surface area contributed by atoms with E-state index in [1.54, 1.807) is 0 Å². The first-order valence-corrected chi connectivity index (χ1v) is 6.37. The molecule has 0 spiro atoms. The lowest BCUT2D eigenvalue weighted by molar-refractivity contribution is 0.0494. The smallest absolute Gasteiger partial charge is 0.124 e. The molecule has 0 amide bonds. The molecule has 0 aromatic heterocycles. The molecule has 1 saturated heterocycles. The van der Waals surface area contributed by atoms with E-state index >= 15 is 0 Å². The van der Waals surface area contributed by atoms with E-state index in [2.05, 4.69) is 12.6 Å². The zero-order valence-corrected chi connectivity index (χ0v) is 10.7. The van der Waals surface area contributed by atoms with Gasteiger partial charge in [0.15, 0.2) is 0 Å². The van der Waals surface area contributed by atoms with E-state index in [4.69, 9.17) is 9.47 Å². The zero-order chi connectivity index (χ0) is 12.1. The molecule has 1 aliphatic rings. The summed E-state index contributed by atoms with van der Waals surface area (Å²) in [6, 6.07) is 5.58. The average Bonchev–Trinajstić information content (AvgIpc) is 2.38. The van der Waals surface area contributed by atoms with Gasteiger partial charge in [-0.25, -0.2) is 0 Å². The molecule has 0 atom stereocenters. The standard InChI is InChI=1S/C13H18O3S/c14-8-11-7-12(17)1-2-13(11)16-9-10-3-5-15-6-4-10/h1-2,7,10,14,17H,3-6,8-9H2. The van der Waals surface area contributed by atoms with Crippen LogP contribution in [0.3, 0.4) is 0 Å². The van der Waals surface area contributed by atoms with Crippen molar-refractivity contribution in [3.05, 3.63) is 23.8 Å². The van der Waals surface area contributed by atoms with Crippen molar-refractivity contribution in [1.82, 2.24) is 0 Å². The molecule has 4 heteroatoms. The van der Waals surface area contributed by atoms with Crippen LogP contribution in [0.25, 0.3) is 0 Å². The van der Waals surface area contributed by atoms with Crippen molar-refractivity contribution in [2.75, 3.05) is 19.8 Å². The highest BCUT2D eigenvalue weighted by Gasteiger charge is 2.15. The molecular weight excluding hydrogens is 236 g/mol. The highest BCUT2D eigenvalue weighted by atomic mass is 32.1. The van der Waals surface area contributed by atoms with Crippen LogP contribution in [0, 0.1) is 5.92 Å². The van der Waals surface area contributed by atoms with E-state index < -0.39 is 0 Å². The van der Waals surface area contributed by atoms with Crippen molar-refractivity contribution < 1.29 is 14.6 Å². The predicted octanol–water partition coefficient (Wildman–Crippen LogP) is 2.27. The van der Waals surface area contributed by atoms with Crippen LogP contribution in [0.2, 0.25) is 0 Å². The number of aliphatic hydroxyl groups excluding tert-OH is 1. The van der Waals surface area contributed by atoms with Gasteiger partial charge >= 0.3 is 0 Å². The number of benzene rings is 1. The van der Waals surface area contributed by atoms with Gasteiger partial charge in [-0.05, 0) is 37.0 Å². The summed E-state index contributed by atoms with van der Waals surface area (Å²) in [5.74, 6) is 1.32. The molecule has 1 N–H and O–H groups in total. The maximum absolute atomic E-state index is 9.25. The Morgan fingerprint density at radius 2 is 2.12 bits per heavy atom. The van der Waals surface area contributed by atoms with Gasteiger partial charge in [0.25, 0.3) is 0 Å². The fourth-order valence-corrected chi connectivity index (χ4v) is 2.18. The molecule has 1 heterocycles. The third-order valence-electron chi connectivity index (χ3n) is 3.03. The summed E-state index contributed by atoms with van der Waals surface area (Å²) >= 11 is 4.24. The Balaban J connectivity index is 1.93. The van der Waals surface area contributed by atoms with Gasteiger partial charge in [-0.3, -0.25) is 0 Å². The first kappa shape index (κ1) is 12.7. The average molecular weight is 254 g/mol. The minimum absolute atomic E-state index is 0.0164. The molecule has 1 fully saturated rings. The van der Waals surface area contributed by atoms with Gasteiger partial charge in [0, 0.05) is 23.7 Å². The molecule has 0 bridgehead atoms. The van der Waals surface area contributed by atoms with Gasteiger partial charge < -0.3 is 14.6 Å². The van der Waals surface area contributed by atoms with E-state index in [-0.39, 0.29) is 6.61 Å². The Morgan fingerprint density at radius 1 is 1.35 bits per heavy atom. The SMILES string of the molecule is OCc1cc(S)ccc1OCC1CCOCC1. The van der Waals surface area contributed by atoms with E-state index in [0.717, 1.165) is 42.3 Å². The number of hydrogen-bond acceptors (Lipinski definition) is 4. The van der Waals surface area contributed by atoms with Crippen LogP contribution in [-0.4, -0.2) is 24.9 Å². The van der Waals surface area contributed by atoms with Crippen molar-refractivity contribution in [3.63, 3.8) is 0 Å². The summed E-state index contributed by atoms with van der Waals surface area (Å²) in [6.07, 6.45) is 2.11. The van der Waals surface area contributed by atoms with Crippen LogP contribution in [0.4, 0.5) is 0 Å². The summed E-state index contributed by atoms with van der Waals surface area (Å²) in [5.41, 5.74) is 0.796. The Hall–Kier alpha value is -0.710. The van der Waals surface area contributed by atoms with E-state index in [1.165, 1.54) is 0 Å². The molecule has 1 aliphatic heterocycles. The number of ether oxygens (including phenoxy) is 2. The lowest BCUT2D eigenvalue weighted by Gasteiger charge is -2.22. The topological polar surface area (TPSA) is 38.7 Å². The summed E-state index contributed by atoms with van der Waals surface area (Å²) < 4.78 is 11.1. The summed E-state index contributed by atoms with van der Waals surface area (Å²) in [7, 11) is 0. The Labute approximate surface area is 107 Å². The van der Waals surface area contributed by atoms with Gasteiger partial charge in [-0.15, -0.1) is 12.6 Å².